The van der Waals surface area contributed by atoms with Gasteiger partial charge in [0.15, 0.2) is 23.1 Å². The van der Waals surface area contributed by atoms with Crippen LogP contribution in [0.4, 0.5) is 19.0 Å². The van der Waals surface area contributed by atoms with Crippen LogP contribution in [0.1, 0.15) is 53.0 Å². The summed E-state index contributed by atoms with van der Waals surface area (Å²) in [6.45, 7) is 3.00. The Morgan fingerprint density at radius 2 is 1.60 bits per heavy atom. The Bertz CT molecular complexity index is 2230. The third kappa shape index (κ3) is 7.56. The molecule has 3 aliphatic heterocycles. The minimum Gasteiger partial charge on any atom is -0.497 e. The fourth-order valence-corrected chi connectivity index (χ4v) is 8.72. The van der Waals surface area contributed by atoms with Crippen LogP contribution in [0.5, 0.6) is 23.3 Å². The number of nitrogens with zero attached hydrogens (tertiary/aromatic N) is 7. The first-order chi connectivity index (χ1) is 27.6. The summed E-state index contributed by atoms with van der Waals surface area (Å²) in [5.74, 6) is -0.719. The second-order valence-electron chi connectivity index (χ2n) is 14.8. The van der Waals surface area contributed by atoms with E-state index < -0.39 is 27.8 Å². The van der Waals surface area contributed by atoms with Gasteiger partial charge in [0.25, 0.3) is 5.91 Å². The Balaban J connectivity index is 1.12. The van der Waals surface area contributed by atoms with E-state index in [1.54, 1.807) is 29.9 Å². The van der Waals surface area contributed by atoms with Gasteiger partial charge in [-0.25, -0.2) is 13.2 Å². The fraction of sp³-hybridized carbons (Fsp3) is 0.415. The predicted molar refractivity (Wildman–Crippen MR) is 210 cm³/mol. The Morgan fingerprint density at radius 3 is 2.25 bits per heavy atom. The van der Waals surface area contributed by atoms with E-state index in [9.17, 15) is 9.18 Å². The molecule has 1 amide bonds. The molecule has 5 heterocycles. The largest absolute Gasteiger partial charge is 0.497 e. The molecule has 12 nitrogen and oxygen atoms in total. The van der Waals surface area contributed by atoms with E-state index in [1.807, 2.05) is 53.4 Å². The molecule has 57 heavy (non-hydrogen) atoms. The molecule has 8 rings (SSSR count). The first-order valence-electron chi connectivity index (χ1n) is 18.9. The van der Waals surface area contributed by atoms with Crippen LogP contribution in [-0.2, 0) is 26.2 Å². The average molecular weight is 851 g/mol. The van der Waals surface area contributed by atoms with Gasteiger partial charge in [0.05, 0.1) is 49.0 Å². The highest BCUT2D eigenvalue weighted by Gasteiger charge is 2.49. The number of amides is 1. The molecule has 0 bridgehead atoms. The maximum atomic E-state index is 16.0. The zero-order valence-corrected chi connectivity index (χ0v) is 33.5. The number of anilines is 1. The number of benzene rings is 3. The third-order valence-corrected chi connectivity index (χ3v) is 11.9. The highest BCUT2D eigenvalue weighted by Crippen LogP contribution is 2.43. The molecular formula is C41H43BrF3N7O5. The van der Waals surface area contributed by atoms with Crippen LogP contribution in [0.2, 0.25) is 0 Å². The van der Waals surface area contributed by atoms with Crippen LogP contribution in [0.3, 0.4) is 0 Å². The smallest absolute Gasteiger partial charge is 0.319 e. The van der Waals surface area contributed by atoms with Crippen molar-refractivity contribution in [3.8, 4) is 23.3 Å². The average Bonchev–Trinajstić information content (AvgIpc) is 3.86. The summed E-state index contributed by atoms with van der Waals surface area (Å²) in [5, 5.41) is 4.82. The molecule has 3 aromatic carbocycles. The lowest BCUT2D eigenvalue weighted by molar-refractivity contribution is 0.0723. The monoisotopic (exact) mass is 849 g/mol. The van der Waals surface area contributed by atoms with Gasteiger partial charge in [-0.3, -0.25) is 14.4 Å². The highest BCUT2D eigenvalue weighted by molar-refractivity contribution is 9.10. The van der Waals surface area contributed by atoms with Crippen molar-refractivity contribution >= 4 is 38.6 Å². The van der Waals surface area contributed by atoms with Gasteiger partial charge >= 0.3 is 6.01 Å². The van der Waals surface area contributed by atoms with Gasteiger partial charge in [-0.05, 0) is 83.2 Å². The SMILES string of the molecule is COc1ccc(CN(Cc2ccc(OC)cc2)C(=O)c2cc3n(n2)CCCN(c2nc(OC[C@@]45CCCN4C[C@H](F)C5)nc4c(F)c(Br)c(F)c(OC)c24)C3)cc1. The predicted octanol–water partition coefficient (Wildman–Crippen LogP) is 7.10. The van der Waals surface area contributed by atoms with Crippen molar-refractivity contribution in [2.75, 3.05) is 52.5 Å². The number of hydrogen-bond acceptors (Lipinski definition) is 10. The van der Waals surface area contributed by atoms with Crippen LogP contribution in [-0.4, -0.2) is 94.7 Å². The summed E-state index contributed by atoms with van der Waals surface area (Å²) in [6.07, 6.45) is 1.64. The first-order valence-corrected chi connectivity index (χ1v) is 19.7. The number of aromatic nitrogens is 4. The number of carbonyl (C=O) groups is 1. The second-order valence-corrected chi connectivity index (χ2v) is 15.6. The molecule has 2 atom stereocenters. The number of hydrogen-bond donors (Lipinski definition) is 0. The zero-order chi connectivity index (χ0) is 39.8. The maximum absolute atomic E-state index is 16.0. The van der Waals surface area contributed by atoms with Crippen molar-refractivity contribution in [3.63, 3.8) is 0 Å². The van der Waals surface area contributed by atoms with Gasteiger partial charge in [0, 0.05) is 39.1 Å². The summed E-state index contributed by atoms with van der Waals surface area (Å²) in [4.78, 5) is 29.3. The van der Waals surface area contributed by atoms with Gasteiger partial charge < -0.3 is 28.7 Å². The summed E-state index contributed by atoms with van der Waals surface area (Å²) in [7, 11) is 4.51. The van der Waals surface area contributed by atoms with Crippen LogP contribution in [0, 0.1) is 11.6 Å². The summed E-state index contributed by atoms with van der Waals surface area (Å²) < 4.78 is 69.9. The van der Waals surface area contributed by atoms with Crippen LogP contribution in [0.15, 0.2) is 59.1 Å². The molecular weight excluding hydrogens is 807 g/mol. The number of carbonyl (C=O) groups excluding carboxylic acids is 1. The van der Waals surface area contributed by atoms with Crippen molar-refractivity contribution in [2.24, 2.45) is 0 Å². The number of rotatable bonds is 12. The lowest BCUT2D eigenvalue weighted by Gasteiger charge is -2.31. The Hall–Kier alpha value is -5.09. The molecule has 0 aliphatic carbocycles. The summed E-state index contributed by atoms with van der Waals surface area (Å²) in [6, 6.07) is 16.8. The van der Waals surface area contributed by atoms with Gasteiger partial charge in [0.2, 0.25) is 0 Å². The number of fused-ring (bicyclic) bond motifs is 3. The number of ether oxygens (including phenoxy) is 4. The van der Waals surface area contributed by atoms with Gasteiger partial charge in [-0.2, -0.15) is 15.1 Å². The minimum absolute atomic E-state index is 0.0443. The maximum Gasteiger partial charge on any atom is 0.319 e. The zero-order valence-electron chi connectivity index (χ0n) is 31.9. The summed E-state index contributed by atoms with van der Waals surface area (Å²) >= 11 is 3.04. The molecule has 2 saturated heterocycles. The van der Waals surface area contributed by atoms with Crippen LogP contribution < -0.4 is 23.8 Å². The van der Waals surface area contributed by atoms with Gasteiger partial charge in [0.1, 0.15) is 35.6 Å². The second kappa shape index (κ2) is 16.0. The molecule has 0 N–H and O–H groups in total. The molecule has 3 aliphatic rings. The molecule has 0 unspecified atom stereocenters. The molecule has 5 aromatic rings. The molecule has 0 saturated carbocycles. The summed E-state index contributed by atoms with van der Waals surface area (Å²) in [5.41, 5.74) is 2.11. The number of methoxy groups -OCH3 is 3. The van der Waals surface area contributed by atoms with Crippen molar-refractivity contribution in [1.29, 1.82) is 0 Å². The van der Waals surface area contributed by atoms with E-state index >= 15 is 8.78 Å². The van der Waals surface area contributed by atoms with E-state index in [-0.39, 0.29) is 53.2 Å². The molecule has 0 radical (unpaired) electrons. The van der Waals surface area contributed by atoms with Crippen molar-refractivity contribution in [3.05, 3.63) is 93.2 Å². The first kappa shape index (κ1) is 38.8. The van der Waals surface area contributed by atoms with E-state index in [1.165, 1.54) is 7.11 Å². The quantitative estimate of drug-likeness (QED) is 0.121. The lowest BCUT2D eigenvalue weighted by Crippen LogP contribution is -2.43. The van der Waals surface area contributed by atoms with E-state index in [0.29, 0.717) is 62.8 Å². The van der Waals surface area contributed by atoms with E-state index in [2.05, 4.69) is 25.8 Å². The molecule has 2 aromatic heterocycles. The van der Waals surface area contributed by atoms with E-state index in [0.717, 1.165) is 30.5 Å². The fourth-order valence-electron chi connectivity index (χ4n) is 8.35. The standard InChI is InChI=1S/C41H43BrF3N7O5/c1-54-29-10-6-25(7-11-29)20-50(21-26-8-12-30(55-2)13-9-26)39(53)31-18-28-23-49(15-5-17-52(28)48-31)38-32-36(34(44)33(42)35(45)37(32)56-3)46-40(47-38)57-24-41-14-4-16-51(41)22-27(43)19-41/h6-13,18,27H,4-5,14-17,19-24H2,1-3H3/t27-,41+/m1/s1. The topological polar surface area (TPSA) is 107 Å². The molecule has 0 spiro atoms. The van der Waals surface area contributed by atoms with Crippen molar-refractivity contribution in [1.82, 2.24) is 29.5 Å². The van der Waals surface area contributed by atoms with Crippen molar-refractivity contribution < 1.29 is 36.9 Å². The molecule has 300 valence electrons. The Labute approximate surface area is 336 Å². The minimum atomic E-state index is -0.960. The van der Waals surface area contributed by atoms with Crippen LogP contribution >= 0.6 is 15.9 Å². The van der Waals surface area contributed by atoms with Crippen LogP contribution in [0.25, 0.3) is 10.9 Å². The Kier molecular flexibility index (Phi) is 10.9. The third-order valence-electron chi connectivity index (χ3n) is 11.2. The number of alkyl halides is 1. The molecule has 2 fully saturated rings. The van der Waals surface area contributed by atoms with Gasteiger partial charge in [-0.15, -0.1) is 0 Å². The van der Waals surface area contributed by atoms with Gasteiger partial charge in [-0.1, -0.05) is 24.3 Å². The Morgan fingerprint density at radius 1 is 0.912 bits per heavy atom. The van der Waals surface area contributed by atoms with Crippen molar-refractivity contribution in [2.45, 2.75) is 63.6 Å². The highest BCUT2D eigenvalue weighted by atomic mass is 79.9. The lowest BCUT2D eigenvalue weighted by atomic mass is 9.95. The normalized spacial score (nSPS) is 19.3. The van der Waals surface area contributed by atoms with E-state index in [4.69, 9.17) is 29.0 Å². The number of aryl methyl sites for hydroxylation is 1. The number of halogens is 4. The molecule has 16 heteroatoms.